The summed E-state index contributed by atoms with van der Waals surface area (Å²) in [5.74, 6) is 0.551. The van der Waals surface area contributed by atoms with Crippen molar-refractivity contribution in [1.82, 2.24) is 4.98 Å². The second-order valence-corrected chi connectivity index (χ2v) is 6.24. The van der Waals surface area contributed by atoms with Crippen LogP contribution in [0.3, 0.4) is 0 Å². The zero-order chi connectivity index (χ0) is 16.5. The van der Waals surface area contributed by atoms with Gasteiger partial charge in [-0.05, 0) is 67.6 Å². The van der Waals surface area contributed by atoms with E-state index in [9.17, 15) is 4.79 Å². The number of aromatic nitrogens is 1. The van der Waals surface area contributed by atoms with Crippen molar-refractivity contribution in [3.63, 3.8) is 0 Å². The third-order valence-corrected chi connectivity index (χ3v) is 4.69. The molecule has 0 spiro atoms. The molecule has 1 amide bonds. The van der Waals surface area contributed by atoms with Gasteiger partial charge >= 0.3 is 0 Å². The summed E-state index contributed by atoms with van der Waals surface area (Å²) in [5, 5.41) is 4.22. The number of hydrogen-bond acceptors (Lipinski definition) is 2. The summed E-state index contributed by atoms with van der Waals surface area (Å²) in [6, 6.07) is 13.3. The maximum Gasteiger partial charge on any atom is 0.255 e. The minimum Gasteiger partial charge on any atom is -0.497 e. The molecule has 4 heteroatoms. The Bertz CT molecular complexity index is 911. The number of fused-ring (bicyclic) bond motifs is 3. The average Bonchev–Trinajstić information content (AvgIpc) is 3.00. The number of H-pyrrole nitrogens is 1. The molecule has 1 aliphatic carbocycles. The van der Waals surface area contributed by atoms with Gasteiger partial charge in [0.25, 0.3) is 5.91 Å². The highest BCUT2D eigenvalue weighted by Gasteiger charge is 2.16. The smallest absolute Gasteiger partial charge is 0.255 e. The standard InChI is InChI=1S/C20H20N2O2/c1-24-15-6-4-5-13(11-15)20(23)21-14-9-10-19-17(12-14)16-7-2-3-8-18(16)22-19/h4-6,9-12,22H,2-3,7-8H2,1H3,(H,21,23). The van der Waals surface area contributed by atoms with Gasteiger partial charge in [-0.1, -0.05) is 6.07 Å². The van der Waals surface area contributed by atoms with Crippen LogP contribution in [-0.4, -0.2) is 18.0 Å². The highest BCUT2D eigenvalue weighted by Crippen LogP contribution is 2.31. The largest absolute Gasteiger partial charge is 0.497 e. The van der Waals surface area contributed by atoms with Crippen molar-refractivity contribution in [3.8, 4) is 5.75 Å². The average molecular weight is 320 g/mol. The number of aromatic amines is 1. The first-order chi connectivity index (χ1) is 11.7. The first-order valence-corrected chi connectivity index (χ1v) is 8.33. The molecule has 2 aromatic carbocycles. The molecule has 0 bridgehead atoms. The summed E-state index contributed by atoms with van der Waals surface area (Å²) in [5.41, 5.74) is 5.33. The van der Waals surface area contributed by atoms with Crippen LogP contribution in [0.4, 0.5) is 5.69 Å². The van der Waals surface area contributed by atoms with Crippen LogP contribution < -0.4 is 10.1 Å². The lowest BCUT2D eigenvalue weighted by Gasteiger charge is -2.11. The molecule has 1 aliphatic rings. The van der Waals surface area contributed by atoms with Crippen LogP contribution in [0.15, 0.2) is 42.5 Å². The number of amides is 1. The summed E-state index contributed by atoms with van der Waals surface area (Å²) in [6.45, 7) is 0. The predicted molar refractivity (Wildman–Crippen MR) is 95.9 cm³/mol. The fourth-order valence-corrected chi connectivity index (χ4v) is 3.45. The van der Waals surface area contributed by atoms with Crippen LogP contribution >= 0.6 is 0 Å². The van der Waals surface area contributed by atoms with Crippen molar-refractivity contribution >= 4 is 22.5 Å². The van der Waals surface area contributed by atoms with Gasteiger partial charge in [0, 0.05) is 27.8 Å². The predicted octanol–water partition coefficient (Wildman–Crippen LogP) is 4.31. The molecular weight excluding hydrogens is 300 g/mol. The number of carbonyl (C=O) groups excluding carboxylic acids is 1. The van der Waals surface area contributed by atoms with Crippen molar-refractivity contribution < 1.29 is 9.53 Å². The highest BCUT2D eigenvalue weighted by atomic mass is 16.5. The molecular formula is C20H20N2O2. The number of hydrogen-bond donors (Lipinski definition) is 2. The monoisotopic (exact) mass is 320 g/mol. The van der Waals surface area contributed by atoms with Crippen LogP contribution in [-0.2, 0) is 12.8 Å². The molecule has 0 saturated carbocycles. The van der Waals surface area contributed by atoms with Crippen molar-refractivity contribution in [2.45, 2.75) is 25.7 Å². The molecule has 4 nitrogen and oxygen atoms in total. The lowest BCUT2D eigenvalue weighted by Crippen LogP contribution is -2.11. The van der Waals surface area contributed by atoms with E-state index in [1.165, 1.54) is 29.5 Å². The minimum atomic E-state index is -0.127. The lowest BCUT2D eigenvalue weighted by molar-refractivity contribution is 0.102. The van der Waals surface area contributed by atoms with Gasteiger partial charge in [-0.2, -0.15) is 0 Å². The fourth-order valence-electron chi connectivity index (χ4n) is 3.45. The fraction of sp³-hybridized carbons (Fsp3) is 0.250. The Hall–Kier alpha value is -2.75. The van der Waals surface area contributed by atoms with Crippen LogP contribution in [0.1, 0.15) is 34.5 Å². The molecule has 0 saturated heterocycles. The Labute approximate surface area is 140 Å². The number of aryl methyl sites for hydroxylation is 2. The second kappa shape index (κ2) is 6.04. The maximum atomic E-state index is 12.5. The van der Waals surface area contributed by atoms with Gasteiger partial charge < -0.3 is 15.0 Å². The number of ether oxygens (including phenoxy) is 1. The number of rotatable bonds is 3. The Kier molecular flexibility index (Phi) is 3.73. The quantitative estimate of drug-likeness (QED) is 0.755. The lowest BCUT2D eigenvalue weighted by atomic mass is 9.95. The number of carbonyl (C=O) groups is 1. The van der Waals surface area contributed by atoms with Crippen molar-refractivity contribution in [2.24, 2.45) is 0 Å². The number of benzene rings is 2. The topological polar surface area (TPSA) is 54.1 Å². The molecule has 4 rings (SSSR count). The molecule has 0 aliphatic heterocycles. The van der Waals surface area contributed by atoms with Gasteiger partial charge in [0.15, 0.2) is 0 Å². The van der Waals surface area contributed by atoms with Crippen LogP contribution in [0.5, 0.6) is 5.75 Å². The van der Waals surface area contributed by atoms with E-state index in [0.29, 0.717) is 11.3 Å². The summed E-state index contributed by atoms with van der Waals surface area (Å²) in [6.07, 6.45) is 4.72. The van der Waals surface area contributed by atoms with E-state index in [2.05, 4.69) is 22.4 Å². The molecule has 1 aromatic heterocycles. The van der Waals surface area contributed by atoms with Gasteiger partial charge in [0.1, 0.15) is 5.75 Å². The SMILES string of the molecule is COc1cccc(C(=O)Nc2ccc3[nH]c4c(c3c2)CCCC4)c1. The first-order valence-electron chi connectivity index (χ1n) is 8.33. The van der Waals surface area contributed by atoms with Crippen molar-refractivity contribution in [2.75, 3.05) is 12.4 Å². The van der Waals surface area contributed by atoms with Gasteiger partial charge in [-0.15, -0.1) is 0 Å². The summed E-state index contributed by atoms with van der Waals surface area (Å²) < 4.78 is 5.18. The third-order valence-electron chi connectivity index (χ3n) is 4.69. The van der Waals surface area contributed by atoms with Gasteiger partial charge in [0.2, 0.25) is 0 Å². The molecule has 0 fully saturated rings. The second-order valence-electron chi connectivity index (χ2n) is 6.24. The van der Waals surface area contributed by atoms with E-state index in [0.717, 1.165) is 24.0 Å². The highest BCUT2D eigenvalue weighted by molar-refractivity contribution is 6.05. The van der Waals surface area contributed by atoms with Crippen molar-refractivity contribution in [1.29, 1.82) is 0 Å². The first kappa shape index (κ1) is 14.8. The Morgan fingerprint density at radius 1 is 1.12 bits per heavy atom. The maximum absolute atomic E-state index is 12.5. The molecule has 0 radical (unpaired) electrons. The van der Waals surface area contributed by atoms with Crippen LogP contribution in [0.2, 0.25) is 0 Å². The van der Waals surface area contributed by atoms with Crippen molar-refractivity contribution in [3.05, 3.63) is 59.3 Å². The molecule has 122 valence electrons. The molecule has 24 heavy (non-hydrogen) atoms. The van der Waals surface area contributed by atoms with E-state index in [1.54, 1.807) is 19.2 Å². The van der Waals surface area contributed by atoms with Crippen LogP contribution in [0.25, 0.3) is 10.9 Å². The Morgan fingerprint density at radius 3 is 2.88 bits per heavy atom. The molecule has 0 atom stereocenters. The molecule has 2 N–H and O–H groups in total. The van der Waals surface area contributed by atoms with Gasteiger partial charge in [-0.25, -0.2) is 0 Å². The van der Waals surface area contributed by atoms with E-state index in [-0.39, 0.29) is 5.91 Å². The number of methoxy groups -OCH3 is 1. The van der Waals surface area contributed by atoms with Gasteiger partial charge in [-0.3, -0.25) is 4.79 Å². The Balaban J connectivity index is 1.63. The van der Waals surface area contributed by atoms with E-state index in [1.807, 2.05) is 18.2 Å². The third kappa shape index (κ3) is 2.64. The Morgan fingerprint density at radius 2 is 2.00 bits per heavy atom. The summed E-state index contributed by atoms with van der Waals surface area (Å²) in [7, 11) is 1.60. The molecule has 3 aromatic rings. The van der Waals surface area contributed by atoms with Gasteiger partial charge in [0.05, 0.1) is 7.11 Å². The van der Waals surface area contributed by atoms with Crippen LogP contribution in [0, 0.1) is 0 Å². The summed E-state index contributed by atoms with van der Waals surface area (Å²) in [4.78, 5) is 16.0. The van der Waals surface area contributed by atoms with E-state index >= 15 is 0 Å². The normalized spacial score (nSPS) is 13.5. The van der Waals surface area contributed by atoms with E-state index in [4.69, 9.17) is 4.74 Å². The minimum absolute atomic E-state index is 0.127. The van der Waals surface area contributed by atoms with E-state index < -0.39 is 0 Å². The zero-order valence-electron chi connectivity index (χ0n) is 13.7. The molecule has 1 heterocycles. The summed E-state index contributed by atoms with van der Waals surface area (Å²) >= 11 is 0. The number of anilines is 1. The molecule has 0 unspecified atom stereocenters. The number of nitrogens with one attached hydrogen (secondary N) is 2. The zero-order valence-corrected chi connectivity index (χ0v) is 13.7.